The van der Waals surface area contributed by atoms with Crippen molar-refractivity contribution >= 4 is 11.6 Å². The van der Waals surface area contributed by atoms with Crippen LogP contribution < -0.4 is 10.1 Å². The molecule has 24 heavy (non-hydrogen) atoms. The predicted molar refractivity (Wildman–Crippen MR) is 88.1 cm³/mol. The molecule has 1 aliphatic heterocycles. The van der Waals surface area contributed by atoms with E-state index >= 15 is 0 Å². The van der Waals surface area contributed by atoms with Gasteiger partial charge in [-0.15, -0.1) is 0 Å². The van der Waals surface area contributed by atoms with Gasteiger partial charge in [-0.25, -0.2) is 0 Å². The highest BCUT2D eigenvalue weighted by atomic mass is 16.6. The van der Waals surface area contributed by atoms with Crippen molar-refractivity contribution in [3.63, 3.8) is 0 Å². The molecule has 8 heteroatoms. The van der Waals surface area contributed by atoms with E-state index in [1.54, 1.807) is 0 Å². The van der Waals surface area contributed by atoms with E-state index in [9.17, 15) is 14.9 Å². The number of nitrogens with one attached hydrogen (secondary N) is 1. The van der Waals surface area contributed by atoms with Crippen LogP contribution in [0.4, 0.5) is 5.69 Å². The highest BCUT2D eigenvalue weighted by Crippen LogP contribution is 2.17. The van der Waals surface area contributed by atoms with E-state index in [0.29, 0.717) is 25.5 Å². The van der Waals surface area contributed by atoms with Gasteiger partial charge in [0.25, 0.3) is 11.6 Å². The maximum absolute atomic E-state index is 11.9. The summed E-state index contributed by atoms with van der Waals surface area (Å²) in [6.45, 7) is 7.66. The number of nitrogens with zero attached hydrogens (tertiary/aromatic N) is 2. The monoisotopic (exact) mass is 337 g/mol. The van der Waals surface area contributed by atoms with Crippen molar-refractivity contribution < 1.29 is 19.2 Å². The van der Waals surface area contributed by atoms with E-state index in [0.717, 1.165) is 13.1 Å². The van der Waals surface area contributed by atoms with Gasteiger partial charge in [0, 0.05) is 37.3 Å². The van der Waals surface area contributed by atoms with Gasteiger partial charge in [-0.3, -0.25) is 19.8 Å². The smallest absolute Gasteiger partial charge is 0.269 e. The number of amides is 1. The van der Waals surface area contributed by atoms with Crippen LogP contribution >= 0.6 is 0 Å². The van der Waals surface area contributed by atoms with Crippen molar-refractivity contribution in [2.75, 3.05) is 39.5 Å². The van der Waals surface area contributed by atoms with Crippen molar-refractivity contribution in [2.45, 2.75) is 19.4 Å². The van der Waals surface area contributed by atoms with Gasteiger partial charge in [-0.2, -0.15) is 0 Å². The summed E-state index contributed by atoms with van der Waals surface area (Å²) in [5.74, 6) is 0.192. The van der Waals surface area contributed by atoms with Gasteiger partial charge in [0.2, 0.25) is 0 Å². The van der Waals surface area contributed by atoms with Gasteiger partial charge in [0.05, 0.1) is 18.1 Å². The number of ether oxygens (including phenoxy) is 2. The van der Waals surface area contributed by atoms with Crippen molar-refractivity contribution in [2.24, 2.45) is 0 Å². The Labute approximate surface area is 140 Å². The first kappa shape index (κ1) is 18.2. The second-order valence-corrected chi connectivity index (χ2v) is 6.23. The Morgan fingerprint density at radius 1 is 1.33 bits per heavy atom. The largest absolute Gasteiger partial charge is 0.484 e. The van der Waals surface area contributed by atoms with Crippen LogP contribution in [0.1, 0.15) is 13.8 Å². The van der Waals surface area contributed by atoms with E-state index in [1.807, 2.05) is 0 Å². The van der Waals surface area contributed by atoms with Crippen LogP contribution in [-0.2, 0) is 9.53 Å². The van der Waals surface area contributed by atoms with Crippen molar-refractivity contribution in [1.29, 1.82) is 0 Å². The number of nitro groups is 1. The topological polar surface area (TPSA) is 93.9 Å². The number of rotatable bonds is 7. The lowest BCUT2D eigenvalue weighted by Crippen LogP contribution is -2.55. The third-order valence-corrected chi connectivity index (χ3v) is 4.00. The molecule has 0 unspecified atom stereocenters. The van der Waals surface area contributed by atoms with E-state index in [1.165, 1.54) is 24.3 Å². The van der Waals surface area contributed by atoms with Crippen LogP contribution in [0.25, 0.3) is 0 Å². The molecule has 0 aromatic heterocycles. The molecule has 1 aliphatic rings. The van der Waals surface area contributed by atoms with E-state index in [4.69, 9.17) is 9.47 Å². The van der Waals surface area contributed by atoms with Crippen molar-refractivity contribution in [3.05, 3.63) is 34.4 Å². The highest BCUT2D eigenvalue weighted by Gasteiger charge is 2.28. The fraction of sp³-hybridized carbons (Fsp3) is 0.562. The van der Waals surface area contributed by atoms with Gasteiger partial charge in [-0.05, 0) is 26.0 Å². The molecule has 2 rings (SSSR count). The first-order chi connectivity index (χ1) is 11.4. The van der Waals surface area contributed by atoms with E-state index in [2.05, 4.69) is 24.1 Å². The van der Waals surface area contributed by atoms with Crippen LogP contribution in [-0.4, -0.2) is 60.7 Å². The molecule has 1 saturated heterocycles. The highest BCUT2D eigenvalue weighted by molar-refractivity contribution is 5.77. The third-order valence-electron chi connectivity index (χ3n) is 4.00. The van der Waals surface area contributed by atoms with E-state index < -0.39 is 4.92 Å². The normalized spacial score (nSPS) is 15.8. The van der Waals surface area contributed by atoms with Crippen LogP contribution in [0, 0.1) is 10.1 Å². The standard InChI is InChI=1S/C16H23N3O5/c1-16(2,18-7-9-23-10-8-18)12-17-15(20)11-24-14-5-3-13(4-6-14)19(21)22/h3-6H,7-12H2,1-2H3,(H,17,20). The number of hydrogen-bond acceptors (Lipinski definition) is 6. The maximum atomic E-state index is 11.9. The maximum Gasteiger partial charge on any atom is 0.269 e. The fourth-order valence-corrected chi connectivity index (χ4v) is 2.46. The summed E-state index contributed by atoms with van der Waals surface area (Å²) < 4.78 is 10.7. The second-order valence-electron chi connectivity index (χ2n) is 6.23. The Hall–Kier alpha value is -2.19. The molecule has 0 bridgehead atoms. The lowest BCUT2D eigenvalue weighted by atomic mass is 10.0. The molecule has 1 fully saturated rings. The van der Waals surface area contributed by atoms with Gasteiger partial charge >= 0.3 is 0 Å². The Balaban J connectivity index is 1.75. The molecule has 8 nitrogen and oxygen atoms in total. The number of carbonyl (C=O) groups excluding carboxylic acids is 1. The minimum atomic E-state index is -0.482. The number of non-ortho nitro benzene ring substituents is 1. The lowest BCUT2D eigenvalue weighted by molar-refractivity contribution is -0.384. The van der Waals surface area contributed by atoms with E-state index in [-0.39, 0.29) is 23.7 Å². The Kier molecular flexibility index (Phi) is 6.10. The van der Waals surface area contributed by atoms with Crippen molar-refractivity contribution in [3.8, 4) is 5.75 Å². The van der Waals surface area contributed by atoms with Gasteiger partial charge in [0.1, 0.15) is 5.75 Å². The number of hydrogen-bond donors (Lipinski definition) is 1. The Morgan fingerprint density at radius 2 is 1.96 bits per heavy atom. The summed E-state index contributed by atoms with van der Waals surface area (Å²) in [6.07, 6.45) is 0. The minimum absolute atomic E-state index is 0.0148. The molecule has 132 valence electrons. The molecule has 0 spiro atoms. The SMILES string of the molecule is CC(C)(CNC(=O)COc1ccc([N+](=O)[O-])cc1)N1CCOCC1. The van der Waals surface area contributed by atoms with Gasteiger partial charge in [-0.1, -0.05) is 0 Å². The molecular formula is C16H23N3O5. The summed E-state index contributed by atoms with van der Waals surface area (Å²) in [6, 6.07) is 5.63. The molecule has 1 aromatic rings. The molecule has 1 aromatic carbocycles. The number of nitro benzene ring substituents is 1. The third kappa shape index (κ3) is 5.17. The van der Waals surface area contributed by atoms with Crippen LogP contribution in [0.3, 0.4) is 0 Å². The molecular weight excluding hydrogens is 314 g/mol. The molecule has 1 amide bonds. The number of carbonyl (C=O) groups is 1. The average molecular weight is 337 g/mol. The summed E-state index contributed by atoms with van der Waals surface area (Å²) in [7, 11) is 0. The summed E-state index contributed by atoms with van der Waals surface area (Å²) >= 11 is 0. The lowest BCUT2D eigenvalue weighted by Gasteiger charge is -2.40. The molecule has 1 heterocycles. The minimum Gasteiger partial charge on any atom is -0.484 e. The zero-order valence-corrected chi connectivity index (χ0v) is 14.0. The predicted octanol–water partition coefficient (Wildman–Crippen LogP) is 1.20. The molecule has 0 radical (unpaired) electrons. The molecule has 0 atom stereocenters. The average Bonchev–Trinajstić information content (AvgIpc) is 2.59. The molecule has 0 aliphatic carbocycles. The quantitative estimate of drug-likeness (QED) is 0.593. The molecule has 1 N–H and O–H groups in total. The van der Waals surface area contributed by atoms with Crippen LogP contribution in [0.2, 0.25) is 0 Å². The zero-order valence-electron chi connectivity index (χ0n) is 14.0. The Morgan fingerprint density at radius 3 is 2.54 bits per heavy atom. The first-order valence-corrected chi connectivity index (χ1v) is 7.85. The summed E-state index contributed by atoms with van der Waals surface area (Å²) in [5.41, 5.74) is -0.175. The van der Waals surface area contributed by atoms with Crippen molar-refractivity contribution in [1.82, 2.24) is 10.2 Å². The van der Waals surface area contributed by atoms with Crippen LogP contribution in [0.5, 0.6) is 5.75 Å². The Bertz CT molecular complexity index is 568. The summed E-state index contributed by atoms with van der Waals surface area (Å²) in [4.78, 5) is 24.3. The van der Waals surface area contributed by atoms with Gasteiger partial charge in [0.15, 0.2) is 6.61 Å². The summed E-state index contributed by atoms with van der Waals surface area (Å²) in [5, 5.41) is 13.4. The first-order valence-electron chi connectivity index (χ1n) is 7.85. The van der Waals surface area contributed by atoms with Crippen LogP contribution in [0.15, 0.2) is 24.3 Å². The number of morpholine rings is 1. The second kappa shape index (κ2) is 8.07. The van der Waals surface area contributed by atoms with Gasteiger partial charge < -0.3 is 14.8 Å². The zero-order chi connectivity index (χ0) is 17.6. The molecule has 0 saturated carbocycles. The fourth-order valence-electron chi connectivity index (χ4n) is 2.46. The number of benzene rings is 1.